The number of carbonyl (C=O) groups is 1. The Morgan fingerprint density at radius 2 is 2.17 bits per heavy atom. The van der Waals surface area contributed by atoms with Crippen LogP contribution >= 0.6 is 11.6 Å². The number of amides is 1. The topological polar surface area (TPSA) is 71.2 Å². The van der Waals surface area contributed by atoms with Gasteiger partial charge in [0, 0.05) is 19.2 Å². The molecule has 0 bridgehead atoms. The van der Waals surface area contributed by atoms with Crippen LogP contribution in [0.2, 0.25) is 5.02 Å². The molecule has 3 rings (SSSR count). The lowest BCUT2D eigenvalue weighted by Crippen LogP contribution is -2.46. The van der Waals surface area contributed by atoms with E-state index in [2.05, 4.69) is 10.3 Å². The summed E-state index contributed by atoms with van der Waals surface area (Å²) in [5, 5.41) is 17.9. The Kier molecular flexibility index (Phi) is 4.63. The molecule has 1 aliphatic rings. The first-order valence-electron chi connectivity index (χ1n) is 7.69. The van der Waals surface area contributed by atoms with Crippen LogP contribution in [0.25, 0.3) is 5.69 Å². The molecule has 6 nitrogen and oxygen atoms in total. The lowest BCUT2D eigenvalue weighted by atomic mass is 9.94. The Balaban J connectivity index is 1.82. The van der Waals surface area contributed by atoms with Gasteiger partial charge in [0.05, 0.1) is 16.9 Å². The summed E-state index contributed by atoms with van der Waals surface area (Å²) >= 11 is 6.15. The molecule has 1 N–H and O–H groups in total. The molecular weight excluding hydrogens is 316 g/mol. The highest BCUT2D eigenvalue weighted by molar-refractivity contribution is 6.32. The van der Waals surface area contributed by atoms with Crippen LogP contribution in [0.1, 0.15) is 30.3 Å². The van der Waals surface area contributed by atoms with Gasteiger partial charge in [-0.25, -0.2) is 4.68 Å². The van der Waals surface area contributed by atoms with Crippen molar-refractivity contribution in [3.8, 4) is 5.69 Å². The summed E-state index contributed by atoms with van der Waals surface area (Å²) < 4.78 is 1.51. The third kappa shape index (κ3) is 3.23. The molecule has 1 aromatic carbocycles. The standard InChI is InChI=1S/C16H19ClN4O2/c1-11-6-7-12(10-22)8-20(11)16(23)14-9-21(19-18-14)15-5-3-2-4-13(15)17/h2-5,9,11-12,22H,6-8,10H2,1H3. The van der Waals surface area contributed by atoms with Gasteiger partial charge in [-0.1, -0.05) is 28.9 Å². The normalized spacial score (nSPS) is 21.4. The van der Waals surface area contributed by atoms with Crippen molar-refractivity contribution >= 4 is 17.5 Å². The number of piperidine rings is 1. The molecule has 2 atom stereocenters. The number of aromatic nitrogens is 3. The largest absolute Gasteiger partial charge is 0.396 e. The highest BCUT2D eigenvalue weighted by Crippen LogP contribution is 2.24. The summed E-state index contributed by atoms with van der Waals surface area (Å²) in [5.74, 6) is -0.0253. The van der Waals surface area contributed by atoms with Crippen LogP contribution in [0, 0.1) is 5.92 Å². The maximum absolute atomic E-state index is 12.7. The van der Waals surface area contributed by atoms with Crippen molar-refractivity contribution in [3.05, 3.63) is 41.2 Å². The number of benzene rings is 1. The average molecular weight is 335 g/mol. The van der Waals surface area contributed by atoms with Gasteiger partial charge in [-0.2, -0.15) is 0 Å². The summed E-state index contributed by atoms with van der Waals surface area (Å²) in [6, 6.07) is 7.40. The predicted octanol–water partition coefficient (Wildman–Crippen LogP) is 2.15. The van der Waals surface area contributed by atoms with E-state index in [-0.39, 0.29) is 30.2 Å². The third-order valence-corrected chi connectivity index (χ3v) is 4.63. The lowest BCUT2D eigenvalue weighted by Gasteiger charge is -2.36. The van der Waals surface area contributed by atoms with Gasteiger partial charge < -0.3 is 10.0 Å². The predicted molar refractivity (Wildman–Crippen MR) is 86.7 cm³/mol. The highest BCUT2D eigenvalue weighted by Gasteiger charge is 2.30. The van der Waals surface area contributed by atoms with Gasteiger partial charge in [-0.3, -0.25) is 4.79 Å². The van der Waals surface area contributed by atoms with Crippen molar-refractivity contribution in [3.63, 3.8) is 0 Å². The summed E-state index contributed by atoms with van der Waals surface area (Å²) in [7, 11) is 0. The van der Waals surface area contributed by atoms with Crippen LogP contribution in [0.15, 0.2) is 30.5 Å². The quantitative estimate of drug-likeness (QED) is 0.933. The highest BCUT2D eigenvalue weighted by atomic mass is 35.5. The van der Waals surface area contributed by atoms with Crippen molar-refractivity contribution in [2.45, 2.75) is 25.8 Å². The Morgan fingerprint density at radius 1 is 1.39 bits per heavy atom. The summed E-state index contributed by atoms with van der Waals surface area (Å²) in [5.41, 5.74) is 0.969. The Labute approximate surface area is 139 Å². The van der Waals surface area contributed by atoms with Gasteiger partial charge in [-0.05, 0) is 37.8 Å². The van der Waals surface area contributed by atoms with Crippen LogP contribution in [-0.4, -0.2) is 50.1 Å². The van der Waals surface area contributed by atoms with Crippen LogP contribution in [-0.2, 0) is 0 Å². The van der Waals surface area contributed by atoms with Crippen LogP contribution < -0.4 is 0 Å². The number of aliphatic hydroxyl groups excluding tert-OH is 1. The zero-order chi connectivity index (χ0) is 16.4. The number of likely N-dealkylation sites (tertiary alicyclic amines) is 1. The van der Waals surface area contributed by atoms with E-state index in [0.29, 0.717) is 17.3 Å². The minimum atomic E-state index is -0.158. The lowest BCUT2D eigenvalue weighted by molar-refractivity contribution is 0.0483. The fourth-order valence-corrected chi connectivity index (χ4v) is 3.10. The number of nitrogens with zero attached hydrogens (tertiary/aromatic N) is 4. The maximum Gasteiger partial charge on any atom is 0.276 e. The van der Waals surface area contributed by atoms with Gasteiger partial charge in [0.1, 0.15) is 0 Å². The van der Waals surface area contributed by atoms with E-state index >= 15 is 0 Å². The van der Waals surface area contributed by atoms with Gasteiger partial charge in [-0.15, -0.1) is 5.10 Å². The van der Waals surface area contributed by atoms with Crippen molar-refractivity contribution in [1.29, 1.82) is 0 Å². The van der Waals surface area contributed by atoms with E-state index in [9.17, 15) is 9.90 Å². The van der Waals surface area contributed by atoms with Crippen molar-refractivity contribution in [2.24, 2.45) is 5.92 Å². The second-order valence-corrected chi connectivity index (χ2v) is 6.34. The second kappa shape index (κ2) is 6.68. The fourth-order valence-electron chi connectivity index (χ4n) is 2.88. The van der Waals surface area contributed by atoms with E-state index < -0.39 is 0 Å². The molecule has 1 fully saturated rings. The van der Waals surface area contributed by atoms with Crippen LogP contribution in [0.5, 0.6) is 0 Å². The zero-order valence-electron chi connectivity index (χ0n) is 12.9. The summed E-state index contributed by atoms with van der Waals surface area (Å²) in [6.07, 6.45) is 3.42. The molecule has 1 saturated heterocycles. The Bertz CT molecular complexity index is 703. The molecule has 7 heteroatoms. The van der Waals surface area contributed by atoms with E-state index in [1.807, 2.05) is 25.1 Å². The first-order chi connectivity index (χ1) is 11.1. The minimum absolute atomic E-state index is 0.100. The first kappa shape index (κ1) is 16.0. The summed E-state index contributed by atoms with van der Waals surface area (Å²) in [6.45, 7) is 2.67. The van der Waals surface area contributed by atoms with Gasteiger partial charge in [0.15, 0.2) is 5.69 Å². The molecule has 0 aliphatic carbocycles. The Morgan fingerprint density at radius 3 is 2.91 bits per heavy atom. The number of rotatable bonds is 3. The molecule has 2 aromatic rings. The molecule has 1 amide bonds. The van der Waals surface area contributed by atoms with Crippen LogP contribution in [0.3, 0.4) is 0 Å². The second-order valence-electron chi connectivity index (χ2n) is 5.93. The zero-order valence-corrected chi connectivity index (χ0v) is 13.6. The fraction of sp³-hybridized carbons (Fsp3) is 0.438. The van der Waals surface area contributed by atoms with Gasteiger partial charge in [0.2, 0.25) is 0 Å². The number of hydrogen-bond acceptors (Lipinski definition) is 4. The maximum atomic E-state index is 12.7. The van der Waals surface area contributed by atoms with E-state index in [1.54, 1.807) is 17.2 Å². The monoisotopic (exact) mass is 334 g/mol. The molecular formula is C16H19ClN4O2. The van der Waals surface area contributed by atoms with Crippen molar-refractivity contribution < 1.29 is 9.90 Å². The van der Waals surface area contributed by atoms with Gasteiger partial charge >= 0.3 is 0 Å². The number of carbonyl (C=O) groups excluding carboxylic acids is 1. The van der Waals surface area contributed by atoms with E-state index in [1.165, 1.54) is 4.68 Å². The summed E-state index contributed by atoms with van der Waals surface area (Å²) in [4.78, 5) is 14.5. The molecule has 23 heavy (non-hydrogen) atoms. The molecule has 2 unspecified atom stereocenters. The van der Waals surface area contributed by atoms with Crippen molar-refractivity contribution in [2.75, 3.05) is 13.2 Å². The number of halogens is 1. The molecule has 0 spiro atoms. The number of para-hydroxylation sites is 1. The number of aliphatic hydroxyl groups is 1. The van der Waals surface area contributed by atoms with E-state index in [4.69, 9.17) is 11.6 Å². The molecule has 1 aliphatic heterocycles. The number of hydrogen-bond donors (Lipinski definition) is 1. The molecule has 0 radical (unpaired) electrons. The Hall–Kier alpha value is -1.92. The SMILES string of the molecule is CC1CCC(CO)CN1C(=O)c1cn(-c2ccccc2Cl)nn1. The smallest absolute Gasteiger partial charge is 0.276 e. The van der Waals surface area contributed by atoms with E-state index in [0.717, 1.165) is 12.8 Å². The van der Waals surface area contributed by atoms with Crippen LogP contribution in [0.4, 0.5) is 0 Å². The molecule has 122 valence electrons. The molecule has 1 aromatic heterocycles. The molecule has 0 saturated carbocycles. The first-order valence-corrected chi connectivity index (χ1v) is 8.07. The van der Waals surface area contributed by atoms with Gasteiger partial charge in [0.25, 0.3) is 5.91 Å². The average Bonchev–Trinajstić information content (AvgIpc) is 3.05. The molecule has 2 heterocycles. The minimum Gasteiger partial charge on any atom is -0.396 e. The van der Waals surface area contributed by atoms with Crippen molar-refractivity contribution in [1.82, 2.24) is 19.9 Å². The third-order valence-electron chi connectivity index (χ3n) is 4.31.